The Balaban J connectivity index is 2.48. The molecule has 0 saturated carbocycles. The third kappa shape index (κ3) is 7.49. The lowest BCUT2D eigenvalue weighted by Gasteiger charge is -2.08. The summed E-state index contributed by atoms with van der Waals surface area (Å²) < 4.78 is 9.78. The minimum Gasteiger partial charge on any atom is -0.495 e. The average molecular weight is 385 g/mol. The molecule has 0 aliphatic rings. The number of carbonyl (C=O) groups is 3. The summed E-state index contributed by atoms with van der Waals surface area (Å²) >= 11 is 5.99. The molecule has 1 rings (SSSR count). The minimum atomic E-state index is -0.928. The fourth-order valence-electron chi connectivity index (χ4n) is 1.77. The molecule has 9 nitrogen and oxygen atoms in total. The third-order valence-corrected chi connectivity index (χ3v) is 3.29. The van der Waals surface area contributed by atoms with Gasteiger partial charge in [0.15, 0.2) is 0 Å². The van der Waals surface area contributed by atoms with Gasteiger partial charge in [0.05, 0.1) is 25.2 Å². The van der Waals surface area contributed by atoms with Gasteiger partial charge in [0, 0.05) is 25.1 Å². The van der Waals surface area contributed by atoms with E-state index in [2.05, 4.69) is 21.2 Å². The van der Waals surface area contributed by atoms with Crippen LogP contribution < -0.4 is 20.8 Å². The van der Waals surface area contributed by atoms with Gasteiger partial charge in [-0.2, -0.15) is 5.10 Å². The van der Waals surface area contributed by atoms with Crippen LogP contribution >= 0.6 is 11.6 Å². The number of hydrazone groups is 1. The number of rotatable bonds is 8. The van der Waals surface area contributed by atoms with Crippen molar-refractivity contribution in [1.82, 2.24) is 10.7 Å². The van der Waals surface area contributed by atoms with Gasteiger partial charge in [-0.05, 0) is 25.1 Å². The van der Waals surface area contributed by atoms with E-state index in [1.165, 1.54) is 14.2 Å². The highest BCUT2D eigenvalue weighted by Gasteiger charge is 2.12. The molecular weight excluding hydrogens is 364 g/mol. The molecule has 0 atom stereocenters. The SMILES string of the molecule is COCCNC(=O)C(=O)N/N=C(/C)CC(=O)Nc1ccc(OC)c(Cl)c1. The van der Waals surface area contributed by atoms with Crippen LogP contribution in [-0.2, 0) is 19.1 Å². The molecule has 0 unspecified atom stereocenters. The second kappa shape index (κ2) is 11.1. The number of anilines is 1. The molecule has 1 aromatic rings. The normalized spacial score (nSPS) is 10.8. The van der Waals surface area contributed by atoms with E-state index in [4.69, 9.17) is 21.1 Å². The zero-order valence-electron chi connectivity index (χ0n) is 14.7. The molecular formula is C16H21ClN4O5. The maximum absolute atomic E-state index is 12.0. The quantitative estimate of drug-likeness (QED) is 0.267. The molecule has 0 bridgehead atoms. The topological polar surface area (TPSA) is 118 Å². The maximum Gasteiger partial charge on any atom is 0.329 e. The molecule has 0 spiro atoms. The first-order valence-electron chi connectivity index (χ1n) is 7.61. The lowest BCUT2D eigenvalue weighted by molar-refractivity contribution is -0.139. The lowest BCUT2D eigenvalue weighted by atomic mass is 10.2. The van der Waals surface area contributed by atoms with Gasteiger partial charge in [-0.25, -0.2) is 5.43 Å². The highest BCUT2D eigenvalue weighted by Crippen LogP contribution is 2.27. The number of nitrogens with zero attached hydrogens (tertiary/aromatic N) is 1. The molecule has 0 saturated heterocycles. The molecule has 0 radical (unpaired) electrons. The van der Waals surface area contributed by atoms with Gasteiger partial charge in [0.25, 0.3) is 0 Å². The first kappa shape index (κ1) is 21.4. The van der Waals surface area contributed by atoms with E-state index in [0.717, 1.165) is 0 Å². The van der Waals surface area contributed by atoms with Crippen LogP contribution in [0, 0.1) is 0 Å². The first-order valence-corrected chi connectivity index (χ1v) is 7.98. The zero-order chi connectivity index (χ0) is 19.5. The van der Waals surface area contributed by atoms with Crippen LogP contribution in [0.5, 0.6) is 5.75 Å². The Morgan fingerprint density at radius 1 is 1.19 bits per heavy atom. The maximum atomic E-state index is 12.0. The van der Waals surface area contributed by atoms with E-state index in [9.17, 15) is 14.4 Å². The Bertz CT molecular complexity index is 693. The molecule has 0 heterocycles. The average Bonchev–Trinajstić information content (AvgIpc) is 2.59. The van der Waals surface area contributed by atoms with Crippen LogP contribution in [0.15, 0.2) is 23.3 Å². The van der Waals surface area contributed by atoms with E-state index >= 15 is 0 Å². The predicted molar refractivity (Wildman–Crippen MR) is 97.4 cm³/mol. The van der Waals surface area contributed by atoms with Crippen LogP contribution in [0.4, 0.5) is 5.69 Å². The van der Waals surface area contributed by atoms with E-state index in [-0.39, 0.29) is 25.5 Å². The summed E-state index contributed by atoms with van der Waals surface area (Å²) in [6, 6.07) is 4.82. The largest absolute Gasteiger partial charge is 0.495 e. The number of amides is 3. The predicted octanol–water partition coefficient (Wildman–Crippen LogP) is 0.932. The van der Waals surface area contributed by atoms with Crippen LogP contribution in [-0.4, -0.2) is 50.8 Å². The van der Waals surface area contributed by atoms with Crippen molar-refractivity contribution in [3.8, 4) is 5.75 Å². The van der Waals surface area contributed by atoms with Crippen molar-refractivity contribution >= 4 is 40.7 Å². The van der Waals surface area contributed by atoms with Gasteiger partial charge < -0.3 is 20.1 Å². The fourth-order valence-corrected chi connectivity index (χ4v) is 2.02. The second-order valence-corrected chi connectivity index (χ2v) is 5.52. The molecule has 0 aliphatic carbocycles. The fraction of sp³-hybridized carbons (Fsp3) is 0.375. The number of hydrogen-bond acceptors (Lipinski definition) is 6. The highest BCUT2D eigenvalue weighted by molar-refractivity contribution is 6.35. The van der Waals surface area contributed by atoms with Crippen molar-refractivity contribution in [2.24, 2.45) is 5.10 Å². The van der Waals surface area contributed by atoms with Crippen LogP contribution in [0.25, 0.3) is 0 Å². The molecule has 3 amide bonds. The monoisotopic (exact) mass is 384 g/mol. The van der Waals surface area contributed by atoms with Gasteiger partial charge in [-0.15, -0.1) is 0 Å². The smallest absolute Gasteiger partial charge is 0.329 e. The summed E-state index contributed by atoms with van der Waals surface area (Å²) in [5.74, 6) is -1.63. The summed E-state index contributed by atoms with van der Waals surface area (Å²) in [6.07, 6.45) is -0.0742. The van der Waals surface area contributed by atoms with Crippen LogP contribution in [0.1, 0.15) is 13.3 Å². The molecule has 142 valence electrons. The van der Waals surface area contributed by atoms with Gasteiger partial charge in [0.2, 0.25) is 5.91 Å². The van der Waals surface area contributed by atoms with Gasteiger partial charge in [-0.1, -0.05) is 11.6 Å². The number of nitrogens with one attached hydrogen (secondary N) is 3. The lowest BCUT2D eigenvalue weighted by Crippen LogP contribution is -2.39. The Hall–Kier alpha value is -2.65. The van der Waals surface area contributed by atoms with Gasteiger partial charge in [-0.3, -0.25) is 14.4 Å². The molecule has 1 aromatic carbocycles. The standard InChI is InChI=1S/C16H21ClN4O5/c1-10(20-21-16(24)15(23)18-6-7-25-2)8-14(22)19-11-4-5-13(26-3)12(17)9-11/h4-5,9H,6-8H2,1-3H3,(H,18,23)(H,19,22)(H,21,24)/b20-10-. The molecule has 3 N–H and O–H groups in total. The van der Waals surface area contributed by atoms with Gasteiger partial charge >= 0.3 is 11.8 Å². The third-order valence-electron chi connectivity index (χ3n) is 3.00. The van der Waals surface area contributed by atoms with Crippen LogP contribution in [0.2, 0.25) is 5.02 Å². The number of benzene rings is 1. The van der Waals surface area contributed by atoms with Crippen molar-refractivity contribution in [3.63, 3.8) is 0 Å². The number of methoxy groups -OCH3 is 2. The number of hydrogen-bond donors (Lipinski definition) is 3. The van der Waals surface area contributed by atoms with Crippen molar-refractivity contribution in [2.45, 2.75) is 13.3 Å². The first-order chi connectivity index (χ1) is 12.4. The number of carbonyl (C=O) groups excluding carboxylic acids is 3. The molecule has 10 heteroatoms. The molecule has 0 fully saturated rings. The molecule has 0 aliphatic heterocycles. The van der Waals surface area contributed by atoms with E-state index < -0.39 is 11.8 Å². The number of ether oxygens (including phenoxy) is 2. The van der Waals surface area contributed by atoms with Crippen molar-refractivity contribution in [2.75, 3.05) is 32.7 Å². The zero-order valence-corrected chi connectivity index (χ0v) is 15.5. The van der Waals surface area contributed by atoms with Gasteiger partial charge in [0.1, 0.15) is 5.75 Å². The number of halogens is 1. The van der Waals surface area contributed by atoms with E-state index in [0.29, 0.717) is 22.2 Å². The minimum absolute atomic E-state index is 0.0742. The molecule has 0 aromatic heterocycles. The molecule has 26 heavy (non-hydrogen) atoms. The second-order valence-electron chi connectivity index (χ2n) is 5.11. The Morgan fingerprint density at radius 3 is 2.54 bits per heavy atom. The van der Waals surface area contributed by atoms with Crippen LogP contribution in [0.3, 0.4) is 0 Å². The summed E-state index contributed by atoms with van der Waals surface area (Å²) in [6.45, 7) is 2.04. The summed E-state index contributed by atoms with van der Waals surface area (Å²) in [7, 11) is 2.97. The Morgan fingerprint density at radius 2 is 1.92 bits per heavy atom. The van der Waals surface area contributed by atoms with Crippen molar-refractivity contribution < 1.29 is 23.9 Å². The van der Waals surface area contributed by atoms with E-state index in [1.807, 2.05) is 0 Å². The highest BCUT2D eigenvalue weighted by atomic mass is 35.5. The van der Waals surface area contributed by atoms with Crippen molar-refractivity contribution in [3.05, 3.63) is 23.2 Å². The summed E-state index contributed by atoms with van der Waals surface area (Å²) in [5.41, 5.74) is 2.90. The Labute approximate surface area is 156 Å². The van der Waals surface area contributed by atoms with E-state index in [1.54, 1.807) is 25.1 Å². The summed E-state index contributed by atoms with van der Waals surface area (Å²) in [4.78, 5) is 34.9. The van der Waals surface area contributed by atoms with Crippen molar-refractivity contribution in [1.29, 1.82) is 0 Å². The Kier molecular flexibility index (Phi) is 9.10. The summed E-state index contributed by atoms with van der Waals surface area (Å²) in [5, 5.41) is 9.07.